The largest absolute Gasteiger partial charge is 0.360 e. The van der Waals surface area contributed by atoms with Gasteiger partial charge in [-0.3, -0.25) is 0 Å². The highest BCUT2D eigenvalue weighted by atomic mass is 32.2. The molecular formula is C13H18FNO3S. The summed E-state index contributed by atoms with van der Waals surface area (Å²) in [6, 6.07) is 3.69. The maximum absolute atomic E-state index is 13.1. The molecule has 0 aliphatic carbocycles. The molecule has 0 N–H and O–H groups in total. The number of sulfonamides is 1. The molecule has 0 saturated carbocycles. The van der Waals surface area contributed by atoms with Crippen molar-refractivity contribution in [2.45, 2.75) is 44.4 Å². The zero-order chi connectivity index (χ0) is 14.4. The van der Waals surface area contributed by atoms with Crippen LogP contribution < -0.4 is 0 Å². The Morgan fingerprint density at radius 2 is 2.05 bits per heavy atom. The summed E-state index contributed by atoms with van der Waals surface area (Å²) in [5.41, 5.74) is -0.214. The fraction of sp³-hybridized carbons (Fsp3) is 0.538. The lowest BCUT2D eigenvalue weighted by Gasteiger charge is -2.31. The van der Waals surface area contributed by atoms with E-state index in [4.69, 9.17) is 4.74 Å². The van der Waals surface area contributed by atoms with Gasteiger partial charge < -0.3 is 4.74 Å². The van der Waals surface area contributed by atoms with Crippen molar-refractivity contribution in [2.75, 3.05) is 6.61 Å². The fourth-order valence-electron chi connectivity index (χ4n) is 2.48. The number of rotatable bonds is 2. The lowest BCUT2D eigenvalue weighted by Crippen LogP contribution is -2.47. The van der Waals surface area contributed by atoms with Crippen LogP contribution >= 0.6 is 0 Å². The van der Waals surface area contributed by atoms with Gasteiger partial charge in [0.2, 0.25) is 10.0 Å². The highest BCUT2D eigenvalue weighted by Gasteiger charge is 2.46. The van der Waals surface area contributed by atoms with Crippen LogP contribution in [0.15, 0.2) is 23.1 Å². The number of ether oxygens (including phenoxy) is 1. The van der Waals surface area contributed by atoms with E-state index in [0.717, 1.165) is 6.07 Å². The number of benzene rings is 1. The Morgan fingerprint density at radius 3 is 2.53 bits per heavy atom. The molecule has 106 valence electrons. The molecule has 6 heteroatoms. The molecule has 0 amide bonds. The van der Waals surface area contributed by atoms with Gasteiger partial charge in [-0.2, -0.15) is 4.31 Å². The van der Waals surface area contributed by atoms with Crippen LogP contribution in [0.25, 0.3) is 0 Å². The third-order valence-corrected chi connectivity index (χ3v) is 5.60. The van der Waals surface area contributed by atoms with E-state index in [0.29, 0.717) is 12.2 Å². The van der Waals surface area contributed by atoms with Crippen molar-refractivity contribution < 1.29 is 17.5 Å². The average Bonchev–Trinajstić information content (AvgIpc) is 2.52. The summed E-state index contributed by atoms with van der Waals surface area (Å²) in [4.78, 5) is 0.124. The van der Waals surface area contributed by atoms with Gasteiger partial charge in [-0.1, -0.05) is 0 Å². The molecule has 1 aliphatic heterocycles. The van der Waals surface area contributed by atoms with E-state index < -0.39 is 27.6 Å². The molecule has 1 aromatic carbocycles. The zero-order valence-electron chi connectivity index (χ0n) is 11.5. The van der Waals surface area contributed by atoms with Crippen LogP contribution in [0.1, 0.15) is 26.3 Å². The van der Waals surface area contributed by atoms with E-state index in [1.807, 2.05) is 13.8 Å². The standard InChI is InChI=1S/C13H18FNO3S/c1-9-7-11(14)5-6-12(9)19(16,17)15-10(2)18-8-13(15,3)4/h5-7,10H,8H2,1-4H3. The first-order valence-corrected chi connectivity index (χ1v) is 7.52. The Bertz CT molecular complexity index is 598. The quantitative estimate of drug-likeness (QED) is 0.838. The Hall–Kier alpha value is -0.980. The molecule has 1 fully saturated rings. The van der Waals surface area contributed by atoms with Crippen LogP contribution in [-0.2, 0) is 14.8 Å². The summed E-state index contributed by atoms with van der Waals surface area (Å²) in [6.07, 6.45) is -0.524. The fourth-order valence-corrected chi connectivity index (χ4v) is 4.55. The van der Waals surface area contributed by atoms with Gasteiger partial charge in [-0.15, -0.1) is 0 Å². The molecule has 0 bridgehead atoms. The number of halogens is 1. The number of aryl methyl sites for hydroxylation is 1. The molecule has 19 heavy (non-hydrogen) atoms. The van der Waals surface area contributed by atoms with Gasteiger partial charge in [0.25, 0.3) is 0 Å². The van der Waals surface area contributed by atoms with Crippen molar-refractivity contribution in [3.05, 3.63) is 29.6 Å². The predicted octanol–water partition coefficient (Wildman–Crippen LogP) is 2.28. The van der Waals surface area contributed by atoms with E-state index in [-0.39, 0.29) is 4.90 Å². The SMILES string of the molecule is Cc1cc(F)ccc1S(=O)(=O)N1C(C)OCC1(C)C. The molecule has 0 spiro atoms. The predicted molar refractivity (Wildman–Crippen MR) is 69.7 cm³/mol. The number of hydrogen-bond donors (Lipinski definition) is 0. The van der Waals surface area contributed by atoms with Crippen molar-refractivity contribution in [3.63, 3.8) is 0 Å². The molecule has 1 heterocycles. The number of hydrogen-bond acceptors (Lipinski definition) is 3. The first-order chi connectivity index (χ1) is 8.66. The van der Waals surface area contributed by atoms with Crippen molar-refractivity contribution in [1.82, 2.24) is 4.31 Å². The Morgan fingerprint density at radius 1 is 1.42 bits per heavy atom. The Kier molecular flexibility index (Phi) is 3.45. The summed E-state index contributed by atoms with van der Waals surface area (Å²) in [5, 5.41) is 0. The molecule has 0 radical (unpaired) electrons. The van der Waals surface area contributed by atoms with Crippen molar-refractivity contribution in [2.24, 2.45) is 0 Å². The molecular weight excluding hydrogens is 269 g/mol. The molecule has 4 nitrogen and oxygen atoms in total. The van der Waals surface area contributed by atoms with Crippen molar-refractivity contribution in [3.8, 4) is 0 Å². The first-order valence-electron chi connectivity index (χ1n) is 6.08. The topological polar surface area (TPSA) is 46.6 Å². The lowest BCUT2D eigenvalue weighted by molar-refractivity contribution is 0.0843. The normalized spacial score (nSPS) is 23.7. The molecule has 2 rings (SSSR count). The van der Waals surface area contributed by atoms with Gasteiger partial charge in [0.1, 0.15) is 12.0 Å². The summed E-state index contributed by atoms with van der Waals surface area (Å²) < 4.78 is 45.3. The van der Waals surface area contributed by atoms with E-state index in [9.17, 15) is 12.8 Å². The van der Waals surface area contributed by atoms with E-state index in [1.165, 1.54) is 16.4 Å². The highest BCUT2D eigenvalue weighted by molar-refractivity contribution is 7.89. The van der Waals surface area contributed by atoms with Gasteiger partial charge >= 0.3 is 0 Å². The maximum Gasteiger partial charge on any atom is 0.246 e. The van der Waals surface area contributed by atoms with Gasteiger partial charge in [-0.05, 0) is 51.5 Å². The summed E-state index contributed by atoms with van der Waals surface area (Å²) in [7, 11) is -3.70. The minimum atomic E-state index is -3.70. The van der Waals surface area contributed by atoms with Crippen LogP contribution in [0.4, 0.5) is 4.39 Å². The summed E-state index contributed by atoms with van der Waals surface area (Å²) in [5.74, 6) is -0.443. The van der Waals surface area contributed by atoms with E-state index >= 15 is 0 Å². The Labute approximate surface area is 113 Å². The second-order valence-corrected chi connectivity index (χ2v) is 7.22. The van der Waals surface area contributed by atoms with Crippen molar-refractivity contribution in [1.29, 1.82) is 0 Å². The molecule has 1 unspecified atom stereocenters. The summed E-state index contributed by atoms with van der Waals surface area (Å²) in [6.45, 7) is 7.25. The average molecular weight is 287 g/mol. The number of nitrogens with zero attached hydrogens (tertiary/aromatic N) is 1. The lowest BCUT2D eigenvalue weighted by atomic mass is 10.1. The maximum atomic E-state index is 13.1. The molecule has 0 aromatic heterocycles. The highest BCUT2D eigenvalue weighted by Crippen LogP contribution is 2.34. The van der Waals surface area contributed by atoms with Gasteiger partial charge in [-0.25, -0.2) is 12.8 Å². The second-order valence-electron chi connectivity index (χ2n) is 5.43. The first kappa shape index (κ1) is 14.4. The van der Waals surface area contributed by atoms with Crippen LogP contribution in [-0.4, -0.2) is 31.1 Å². The van der Waals surface area contributed by atoms with E-state index in [1.54, 1.807) is 13.8 Å². The zero-order valence-corrected chi connectivity index (χ0v) is 12.3. The summed E-state index contributed by atoms with van der Waals surface area (Å²) >= 11 is 0. The van der Waals surface area contributed by atoms with Crippen molar-refractivity contribution >= 4 is 10.0 Å². The molecule has 1 atom stereocenters. The van der Waals surface area contributed by atoms with Crippen LogP contribution in [0.3, 0.4) is 0 Å². The molecule has 1 saturated heterocycles. The van der Waals surface area contributed by atoms with Gasteiger partial charge in [0.05, 0.1) is 17.0 Å². The van der Waals surface area contributed by atoms with E-state index in [2.05, 4.69) is 0 Å². The van der Waals surface area contributed by atoms with Crippen LogP contribution in [0.2, 0.25) is 0 Å². The minimum absolute atomic E-state index is 0.124. The third-order valence-electron chi connectivity index (χ3n) is 3.28. The van der Waals surface area contributed by atoms with Crippen LogP contribution in [0.5, 0.6) is 0 Å². The molecule has 1 aromatic rings. The van der Waals surface area contributed by atoms with Gasteiger partial charge in [0, 0.05) is 0 Å². The monoisotopic (exact) mass is 287 g/mol. The smallest absolute Gasteiger partial charge is 0.246 e. The van der Waals surface area contributed by atoms with Gasteiger partial charge in [0.15, 0.2) is 0 Å². The minimum Gasteiger partial charge on any atom is -0.360 e. The Balaban J connectivity index is 2.54. The molecule has 1 aliphatic rings. The van der Waals surface area contributed by atoms with Crippen LogP contribution in [0, 0.1) is 12.7 Å². The third kappa shape index (κ3) is 2.40. The second kappa shape index (κ2) is 4.54.